The zero-order valence-electron chi connectivity index (χ0n) is 12.2. The van der Waals surface area contributed by atoms with Gasteiger partial charge in [0.05, 0.1) is 19.3 Å². The summed E-state index contributed by atoms with van der Waals surface area (Å²) < 4.78 is 5.28. The first kappa shape index (κ1) is 15.6. The van der Waals surface area contributed by atoms with Gasteiger partial charge in [-0.3, -0.25) is 0 Å². The molecule has 2 rings (SSSR count). The minimum atomic E-state index is -0.957. The topological polar surface area (TPSA) is 82.0 Å². The van der Waals surface area contributed by atoms with Crippen molar-refractivity contribution < 1.29 is 19.7 Å². The number of hydrogen-bond acceptors (Lipinski definition) is 4. The molecule has 1 saturated heterocycles. The number of rotatable bonds is 6. The summed E-state index contributed by atoms with van der Waals surface area (Å²) in [5, 5.41) is 22.2. The van der Waals surface area contributed by atoms with Gasteiger partial charge >= 0.3 is 6.09 Å². The fraction of sp³-hybridized carbons (Fsp3) is 0.533. The molecule has 1 fully saturated rings. The Morgan fingerprint density at radius 3 is 2.95 bits per heavy atom. The zero-order chi connectivity index (χ0) is 15.2. The van der Waals surface area contributed by atoms with Crippen molar-refractivity contribution in [3.05, 3.63) is 29.8 Å². The van der Waals surface area contributed by atoms with E-state index < -0.39 is 12.2 Å². The number of carbonyl (C=O) groups is 1. The molecule has 1 aliphatic heterocycles. The summed E-state index contributed by atoms with van der Waals surface area (Å²) in [6.07, 6.45) is -0.401. The van der Waals surface area contributed by atoms with Gasteiger partial charge in [0, 0.05) is 18.7 Å². The summed E-state index contributed by atoms with van der Waals surface area (Å²) in [4.78, 5) is 12.4. The molecule has 3 N–H and O–H groups in total. The largest absolute Gasteiger partial charge is 0.496 e. The number of benzene rings is 1. The smallest absolute Gasteiger partial charge is 0.407 e. The third-order valence-corrected chi connectivity index (χ3v) is 3.88. The number of aliphatic hydroxyl groups excluding tert-OH is 1. The Balaban J connectivity index is 1.80. The molecule has 6 heteroatoms. The van der Waals surface area contributed by atoms with E-state index in [1.165, 1.54) is 4.90 Å². The van der Waals surface area contributed by atoms with Crippen molar-refractivity contribution in [2.75, 3.05) is 20.2 Å². The highest BCUT2D eigenvalue weighted by Gasteiger charge is 2.35. The minimum absolute atomic E-state index is 0.312. The second kappa shape index (κ2) is 7.28. The molecule has 0 aromatic heterocycles. The summed E-state index contributed by atoms with van der Waals surface area (Å²) in [5.74, 6) is 0.832. The monoisotopic (exact) mass is 294 g/mol. The van der Waals surface area contributed by atoms with Gasteiger partial charge in [-0.1, -0.05) is 18.2 Å². The Morgan fingerprint density at radius 2 is 2.24 bits per heavy atom. The van der Waals surface area contributed by atoms with Crippen LogP contribution in [-0.2, 0) is 6.54 Å². The Kier molecular flexibility index (Phi) is 5.41. The Morgan fingerprint density at radius 1 is 1.48 bits per heavy atom. The van der Waals surface area contributed by atoms with Crippen molar-refractivity contribution in [3.63, 3.8) is 0 Å². The molecule has 0 spiro atoms. The van der Waals surface area contributed by atoms with E-state index in [1.54, 1.807) is 7.11 Å². The minimum Gasteiger partial charge on any atom is -0.496 e. The first-order valence-corrected chi connectivity index (χ1v) is 7.13. The molecule has 0 saturated carbocycles. The van der Waals surface area contributed by atoms with E-state index in [9.17, 15) is 9.90 Å². The molecule has 1 amide bonds. The lowest BCUT2D eigenvalue weighted by Crippen LogP contribution is -2.40. The molecule has 6 nitrogen and oxygen atoms in total. The quantitative estimate of drug-likeness (QED) is 0.689. The molecule has 0 unspecified atom stereocenters. The third-order valence-electron chi connectivity index (χ3n) is 3.88. The lowest BCUT2D eigenvalue weighted by molar-refractivity contribution is 0.0962. The van der Waals surface area contributed by atoms with Crippen LogP contribution in [-0.4, -0.2) is 53.6 Å². The fourth-order valence-electron chi connectivity index (χ4n) is 2.75. The van der Waals surface area contributed by atoms with Gasteiger partial charge in [-0.2, -0.15) is 0 Å². The normalized spacial score (nSPS) is 21.5. The van der Waals surface area contributed by atoms with Gasteiger partial charge in [-0.05, 0) is 25.5 Å². The molecule has 116 valence electrons. The van der Waals surface area contributed by atoms with E-state index in [4.69, 9.17) is 9.84 Å². The number of aliphatic hydroxyl groups is 1. The van der Waals surface area contributed by atoms with Crippen molar-refractivity contribution in [3.8, 4) is 5.75 Å². The summed E-state index contributed by atoms with van der Waals surface area (Å²) in [7, 11) is 1.64. The first-order valence-electron chi connectivity index (χ1n) is 7.13. The van der Waals surface area contributed by atoms with E-state index in [1.807, 2.05) is 24.3 Å². The number of para-hydroxylation sites is 1. The second-order valence-corrected chi connectivity index (χ2v) is 5.18. The van der Waals surface area contributed by atoms with Gasteiger partial charge in [-0.15, -0.1) is 0 Å². The van der Waals surface area contributed by atoms with Crippen LogP contribution in [0.3, 0.4) is 0 Å². The molecule has 2 atom stereocenters. The van der Waals surface area contributed by atoms with Crippen LogP contribution in [0, 0.1) is 0 Å². The van der Waals surface area contributed by atoms with Gasteiger partial charge in [0.15, 0.2) is 0 Å². The lowest BCUT2D eigenvalue weighted by Gasteiger charge is -2.23. The molecular formula is C15H22N2O4. The van der Waals surface area contributed by atoms with Gasteiger partial charge in [-0.25, -0.2) is 4.79 Å². The SMILES string of the molecule is COc1ccccc1CNCC[C@@H]1[C@@H](O)CCN1C(=O)O. The van der Waals surface area contributed by atoms with E-state index in [-0.39, 0.29) is 6.04 Å². The maximum absolute atomic E-state index is 11.1. The molecule has 1 heterocycles. The lowest BCUT2D eigenvalue weighted by atomic mass is 10.1. The van der Waals surface area contributed by atoms with Gasteiger partial charge in [0.2, 0.25) is 0 Å². The van der Waals surface area contributed by atoms with E-state index in [0.717, 1.165) is 11.3 Å². The van der Waals surface area contributed by atoms with Crippen LogP contribution in [0.1, 0.15) is 18.4 Å². The van der Waals surface area contributed by atoms with E-state index >= 15 is 0 Å². The summed E-state index contributed by atoms with van der Waals surface area (Å²) >= 11 is 0. The molecule has 1 aliphatic rings. The number of methoxy groups -OCH3 is 1. The Hall–Kier alpha value is -1.79. The maximum atomic E-state index is 11.1. The third kappa shape index (κ3) is 3.86. The maximum Gasteiger partial charge on any atom is 0.407 e. The van der Waals surface area contributed by atoms with Gasteiger partial charge < -0.3 is 25.2 Å². The van der Waals surface area contributed by atoms with Crippen molar-refractivity contribution in [2.24, 2.45) is 0 Å². The summed E-state index contributed by atoms with van der Waals surface area (Å²) in [6.45, 7) is 1.71. The average molecular weight is 294 g/mol. The van der Waals surface area contributed by atoms with Crippen LogP contribution in [0.15, 0.2) is 24.3 Å². The van der Waals surface area contributed by atoms with Crippen LogP contribution in [0.4, 0.5) is 4.79 Å². The summed E-state index contributed by atoms with van der Waals surface area (Å²) in [5.41, 5.74) is 1.06. The van der Waals surface area contributed by atoms with Crippen LogP contribution < -0.4 is 10.1 Å². The number of amides is 1. The number of hydrogen-bond donors (Lipinski definition) is 3. The average Bonchev–Trinajstić information content (AvgIpc) is 2.85. The van der Waals surface area contributed by atoms with Crippen molar-refractivity contribution in [1.29, 1.82) is 0 Å². The number of nitrogens with one attached hydrogen (secondary N) is 1. The number of likely N-dealkylation sites (tertiary alicyclic amines) is 1. The Labute approximate surface area is 124 Å². The predicted octanol–water partition coefficient (Wildman–Crippen LogP) is 1.29. The molecule has 21 heavy (non-hydrogen) atoms. The first-order chi connectivity index (χ1) is 10.1. The van der Waals surface area contributed by atoms with Crippen molar-refractivity contribution in [2.45, 2.75) is 31.5 Å². The van der Waals surface area contributed by atoms with E-state index in [0.29, 0.717) is 32.5 Å². The number of nitrogens with zero attached hydrogens (tertiary/aromatic N) is 1. The van der Waals surface area contributed by atoms with Crippen LogP contribution in [0.2, 0.25) is 0 Å². The zero-order valence-corrected chi connectivity index (χ0v) is 12.2. The van der Waals surface area contributed by atoms with E-state index in [2.05, 4.69) is 5.32 Å². The number of ether oxygens (including phenoxy) is 1. The fourth-order valence-corrected chi connectivity index (χ4v) is 2.75. The highest BCUT2D eigenvalue weighted by atomic mass is 16.5. The molecule has 0 aliphatic carbocycles. The van der Waals surface area contributed by atoms with Gasteiger partial charge in [0.1, 0.15) is 5.75 Å². The van der Waals surface area contributed by atoms with Gasteiger partial charge in [0.25, 0.3) is 0 Å². The summed E-state index contributed by atoms with van der Waals surface area (Å²) in [6, 6.07) is 7.45. The number of carboxylic acid groups (broad SMARTS) is 1. The highest BCUT2D eigenvalue weighted by molar-refractivity contribution is 5.66. The van der Waals surface area contributed by atoms with Crippen LogP contribution in [0.25, 0.3) is 0 Å². The molecule has 1 aromatic carbocycles. The Bertz CT molecular complexity index is 480. The second-order valence-electron chi connectivity index (χ2n) is 5.18. The molecule has 0 bridgehead atoms. The van der Waals surface area contributed by atoms with Crippen molar-refractivity contribution >= 4 is 6.09 Å². The predicted molar refractivity (Wildman–Crippen MR) is 78.5 cm³/mol. The molecular weight excluding hydrogens is 272 g/mol. The molecule has 0 radical (unpaired) electrons. The van der Waals surface area contributed by atoms with Crippen LogP contribution >= 0.6 is 0 Å². The van der Waals surface area contributed by atoms with Crippen molar-refractivity contribution in [1.82, 2.24) is 10.2 Å². The van der Waals surface area contributed by atoms with Crippen LogP contribution in [0.5, 0.6) is 5.75 Å². The molecule has 1 aromatic rings. The highest BCUT2D eigenvalue weighted by Crippen LogP contribution is 2.21. The standard InChI is InChI=1S/C15H22N2O4/c1-21-14-5-3-2-4-11(14)10-16-8-6-12-13(18)7-9-17(12)15(19)20/h2-5,12-13,16,18H,6-10H2,1H3,(H,19,20)/t12-,13+/m1/s1.